The summed E-state index contributed by atoms with van der Waals surface area (Å²) >= 11 is 0. The van der Waals surface area contributed by atoms with Gasteiger partial charge in [-0.2, -0.15) is 18.3 Å². The van der Waals surface area contributed by atoms with Gasteiger partial charge in [0.15, 0.2) is 0 Å². The maximum absolute atomic E-state index is 12.7. The molecule has 4 aromatic rings. The molecule has 1 radical (unpaired) electrons. The number of anilines is 1. The lowest BCUT2D eigenvalue weighted by Crippen LogP contribution is -2.04. The number of alkyl halides is 3. The van der Waals surface area contributed by atoms with Crippen molar-refractivity contribution in [3.63, 3.8) is 0 Å². The van der Waals surface area contributed by atoms with Gasteiger partial charge in [0.2, 0.25) is 0 Å². The van der Waals surface area contributed by atoms with Crippen LogP contribution in [0.25, 0.3) is 33.5 Å². The van der Waals surface area contributed by atoms with Crippen LogP contribution in [0.1, 0.15) is 5.56 Å². The van der Waals surface area contributed by atoms with Crippen LogP contribution in [-0.2, 0) is 6.18 Å². The molecule has 4 nitrogen and oxygen atoms in total. The summed E-state index contributed by atoms with van der Waals surface area (Å²) in [6.07, 6.45) is -1.02. The molecule has 0 aliphatic carbocycles. The minimum Gasteiger partial charge on any atom is -0.384 e. The fourth-order valence-electron chi connectivity index (χ4n) is 2.97. The number of pyridine rings is 1. The Morgan fingerprint density at radius 3 is 2.46 bits per heavy atom. The number of aromatic nitrogens is 3. The van der Waals surface area contributed by atoms with Crippen molar-refractivity contribution in [1.29, 1.82) is 0 Å². The average molecular weight is 379 g/mol. The van der Waals surface area contributed by atoms with Crippen LogP contribution >= 0.6 is 0 Å². The van der Waals surface area contributed by atoms with Gasteiger partial charge >= 0.3 is 6.18 Å². The number of nitrogens with one attached hydrogen (secondary N) is 1. The van der Waals surface area contributed by atoms with Crippen molar-refractivity contribution in [2.24, 2.45) is 0 Å². The smallest absolute Gasteiger partial charge is 0.384 e. The van der Waals surface area contributed by atoms with Crippen molar-refractivity contribution in [3.05, 3.63) is 78.6 Å². The summed E-state index contributed by atoms with van der Waals surface area (Å²) < 4.78 is 38.2. The van der Waals surface area contributed by atoms with Gasteiger partial charge < -0.3 is 5.73 Å². The summed E-state index contributed by atoms with van der Waals surface area (Å²) in [6, 6.07) is 17.1. The number of nitrogen functional groups attached to an aromatic ring is 1. The van der Waals surface area contributed by atoms with Crippen molar-refractivity contribution in [2.45, 2.75) is 6.18 Å². The van der Waals surface area contributed by atoms with Crippen LogP contribution in [0.4, 0.5) is 19.0 Å². The fourth-order valence-corrected chi connectivity index (χ4v) is 2.97. The Hall–Kier alpha value is -3.61. The normalized spacial score (nSPS) is 11.5. The maximum Gasteiger partial charge on any atom is 0.417 e. The summed E-state index contributed by atoms with van der Waals surface area (Å²) in [7, 11) is 0. The van der Waals surface area contributed by atoms with Crippen LogP contribution in [0.2, 0.25) is 0 Å². The highest BCUT2D eigenvalue weighted by atomic mass is 19.4. The summed E-state index contributed by atoms with van der Waals surface area (Å²) in [5.41, 5.74) is 9.64. The Bertz CT molecular complexity index is 1110. The molecule has 0 unspecified atom stereocenters. The minimum atomic E-state index is -4.41. The molecule has 3 N–H and O–H groups in total. The van der Waals surface area contributed by atoms with Gasteiger partial charge in [0.05, 0.1) is 11.3 Å². The first-order chi connectivity index (χ1) is 13.4. The molecule has 139 valence electrons. The highest BCUT2D eigenvalue weighted by Crippen LogP contribution is 2.34. The number of halogens is 3. The Kier molecular flexibility index (Phi) is 4.35. The predicted molar refractivity (Wildman–Crippen MR) is 101 cm³/mol. The van der Waals surface area contributed by atoms with E-state index in [4.69, 9.17) is 5.73 Å². The lowest BCUT2D eigenvalue weighted by Gasteiger charge is -2.09. The predicted octanol–water partition coefficient (Wildman–Crippen LogP) is 5.21. The molecule has 2 heterocycles. The van der Waals surface area contributed by atoms with E-state index in [0.717, 1.165) is 28.3 Å². The van der Waals surface area contributed by atoms with Crippen molar-refractivity contribution in [1.82, 2.24) is 15.2 Å². The lowest BCUT2D eigenvalue weighted by atomic mass is 9.98. The summed E-state index contributed by atoms with van der Waals surface area (Å²) in [6.45, 7) is 0. The third-order valence-corrected chi connectivity index (χ3v) is 4.32. The van der Waals surface area contributed by atoms with Crippen molar-refractivity contribution in [3.8, 4) is 33.5 Å². The van der Waals surface area contributed by atoms with E-state index in [9.17, 15) is 13.2 Å². The second-order valence-electron chi connectivity index (χ2n) is 6.19. The second-order valence-corrected chi connectivity index (χ2v) is 6.19. The molecule has 2 aromatic carbocycles. The summed E-state index contributed by atoms with van der Waals surface area (Å²) in [5, 5.41) is 7.19. The molecule has 0 atom stereocenters. The van der Waals surface area contributed by atoms with Gasteiger partial charge in [-0.1, -0.05) is 24.3 Å². The van der Waals surface area contributed by atoms with E-state index in [2.05, 4.69) is 21.2 Å². The molecular formula is C21H14F3N4. The van der Waals surface area contributed by atoms with Crippen LogP contribution in [0, 0.1) is 6.07 Å². The summed E-state index contributed by atoms with van der Waals surface area (Å²) in [5.74, 6) is 0.402. The molecule has 0 bridgehead atoms. The van der Waals surface area contributed by atoms with Crippen molar-refractivity contribution < 1.29 is 13.2 Å². The number of hydrogen-bond acceptors (Lipinski definition) is 3. The topological polar surface area (TPSA) is 67.6 Å². The number of benzene rings is 2. The second kappa shape index (κ2) is 6.84. The Morgan fingerprint density at radius 1 is 0.929 bits per heavy atom. The number of rotatable bonds is 3. The number of H-pyrrole nitrogens is 1. The van der Waals surface area contributed by atoms with Gasteiger partial charge in [-0.05, 0) is 53.1 Å². The Labute approximate surface area is 158 Å². The molecule has 0 aliphatic heterocycles. The molecule has 2 aromatic heterocycles. The third kappa shape index (κ3) is 3.46. The first-order valence-corrected chi connectivity index (χ1v) is 8.37. The van der Waals surface area contributed by atoms with Gasteiger partial charge in [-0.25, -0.2) is 4.98 Å². The first-order valence-electron chi connectivity index (χ1n) is 8.37. The zero-order valence-corrected chi connectivity index (χ0v) is 14.5. The zero-order valence-electron chi connectivity index (χ0n) is 14.5. The number of hydrogen-bond donors (Lipinski definition) is 2. The molecule has 0 saturated carbocycles. The van der Waals surface area contributed by atoms with Crippen LogP contribution < -0.4 is 5.73 Å². The largest absolute Gasteiger partial charge is 0.417 e. The first kappa shape index (κ1) is 17.8. The van der Waals surface area contributed by atoms with E-state index in [-0.39, 0.29) is 0 Å². The maximum atomic E-state index is 12.7. The molecule has 0 aliphatic rings. The van der Waals surface area contributed by atoms with Gasteiger partial charge in [0.1, 0.15) is 5.82 Å². The van der Waals surface area contributed by atoms with Gasteiger partial charge in [-0.3, -0.25) is 5.10 Å². The number of nitrogens with zero attached hydrogens (tertiary/aromatic N) is 2. The van der Waals surface area contributed by atoms with E-state index in [1.807, 2.05) is 30.3 Å². The number of nitrogens with two attached hydrogens (primary N) is 1. The molecule has 0 saturated heterocycles. The van der Waals surface area contributed by atoms with E-state index in [1.165, 1.54) is 12.1 Å². The van der Waals surface area contributed by atoms with E-state index in [1.54, 1.807) is 18.5 Å². The molecule has 0 amide bonds. The van der Waals surface area contributed by atoms with Crippen LogP contribution in [0.3, 0.4) is 0 Å². The van der Waals surface area contributed by atoms with Crippen LogP contribution in [0.15, 0.2) is 67.0 Å². The third-order valence-electron chi connectivity index (χ3n) is 4.32. The monoisotopic (exact) mass is 379 g/mol. The zero-order chi connectivity index (χ0) is 19.7. The van der Waals surface area contributed by atoms with E-state index in [0.29, 0.717) is 17.1 Å². The molecular weight excluding hydrogens is 365 g/mol. The standard InChI is InChI=1S/C21H14F3N4/c22-21(23,24)17-6-4-13(5-7-17)14-2-1-3-16(10-14)20-18(12-27-28-20)15-8-9-26-19(25)11-15/h1-6,8-12H,(H2,25,26)(H,27,28). The molecule has 0 fully saturated rings. The quantitative estimate of drug-likeness (QED) is 0.514. The minimum absolute atomic E-state index is 0.402. The Morgan fingerprint density at radius 2 is 1.75 bits per heavy atom. The van der Waals surface area contributed by atoms with Gasteiger partial charge in [0, 0.05) is 23.5 Å². The molecule has 7 heteroatoms. The van der Waals surface area contributed by atoms with E-state index < -0.39 is 11.7 Å². The highest BCUT2D eigenvalue weighted by molar-refractivity contribution is 5.83. The van der Waals surface area contributed by atoms with Crippen LogP contribution in [-0.4, -0.2) is 15.2 Å². The Balaban J connectivity index is 1.72. The lowest BCUT2D eigenvalue weighted by molar-refractivity contribution is -0.137. The SMILES string of the molecule is Nc1cc(-c2c[nH]nc2-c2cccc(-c3c[c]c(C(F)(F)F)cc3)c2)ccn1. The number of aromatic amines is 1. The highest BCUT2D eigenvalue weighted by Gasteiger charge is 2.30. The van der Waals surface area contributed by atoms with Crippen LogP contribution in [0.5, 0.6) is 0 Å². The molecule has 0 spiro atoms. The molecule has 28 heavy (non-hydrogen) atoms. The molecule has 4 rings (SSSR count). The average Bonchev–Trinajstić information content (AvgIpc) is 3.17. The fraction of sp³-hybridized carbons (Fsp3) is 0.0476. The van der Waals surface area contributed by atoms with Gasteiger partial charge in [0.25, 0.3) is 0 Å². The van der Waals surface area contributed by atoms with Crippen molar-refractivity contribution in [2.75, 3.05) is 5.73 Å². The summed E-state index contributed by atoms with van der Waals surface area (Å²) in [4.78, 5) is 3.99. The van der Waals surface area contributed by atoms with Crippen molar-refractivity contribution >= 4 is 5.82 Å². The van der Waals surface area contributed by atoms with Gasteiger partial charge in [-0.15, -0.1) is 0 Å². The van der Waals surface area contributed by atoms with E-state index >= 15 is 0 Å².